The van der Waals surface area contributed by atoms with Gasteiger partial charge < -0.3 is 0 Å². The van der Waals surface area contributed by atoms with Crippen LogP contribution in [0.25, 0.3) is 15.9 Å². The lowest BCUT2D eigenvalue weighted by molar-refractivity contribution is 0.599. The number of thiophene rings is 1. The first-order chi connectivity index (χ1) is 12.7. The molecule has 0 N–H and O–H groups in total. The smallest absolute Gasteiger partial charge is 0.292 e. The van der Waals surface area contributed by atoms with E-state index < -0.39 is 17.1 Å². The Kier molecular flexibility index (Phi) is 4.26. The summed E-state index contributed by atoms with van der Waals surface area (Å²) in [6.45, 7) is 0.408. The lowest BCUT2D eigenvalue weighted by atomic mass is 10.1. The summed E-state index contributed by atoms with van der Waals surface area (Å²) in [6, 6.07) is 17.4. The zero-order valence-electron chi connectivity index (χ0n) is 13.8. The number of rotatable bonds is 4. The van der Waals surface area contributed by atoms with Gasteiger partial charge in [-0.2, -0.15) is 0 Å². The first kappa shape index (κ1) is 16.5. The highest BCUT2D eigenvalue weighted by Gasteiger charge is 2.17. The third-order valence-electron chi connectivity index (χ3n) is 4.32. The number of halogens is 1. The second kappa shape index (κ2) is 6.72. The first-order valence-electron chi connectivity index (χ1n) is 8.18. The fourth-order valence-corrected chi connectivity index (χ4v) is 3.86. The van der Waals surface area contributed by atoms with E-state index in [4.69, 9.17) is 0 Å². The van der Waals surface area contributed by atoms with Gasteiger partial charge in [0.1, 0.15) is 10.5 Å². The first-order valence-corrected chi connectivity index (χ1v) is 9.06. The molecule has 0 unspecified atom stereocenters. The number of aryl methyl sites for hydroxylation is 2. The molecule has 2 heterocycles. The van der Waals surface area contributed by atoms with Crippen LogP contribution in [-0.4, -0.2) is 9.13 Å². The number of hydrogen-bond donors (Lipinski definition) is 0. The molecule has 0 aliphatic heterocycles. The van der Waals surface area contributed by atoms with E-state index in [-0.39, 0.29) is 5.69 Å². The largest absolute Gasteiger partial charge is 0.336 e. The highest BCUT2D eigenvalue weighted by molar-refractivity contribution is 7.17. The van der Waals surface area contributed by atoms with E-state index in [2.05, 4.69) is 0 Å². The quantitative estimate of drug-likeness (QED) is 0.554. The summed E-state index contributed by atoms with van der Waals surface area (Å²) in [7, 11) is 0. The molecular weight excluding hydrogens is 351 g/mol. The van der Waals surface area contributed by atoms with Crippen molar-refractivity contribution in [1.82, 2.24) is 9.13 Å². The minimum Gasteiger partial charge on any atom is -0.292 e. The molecule has 6 heteroatoms. The average molecular weight is 366 g/mol. The molecule has 4 aromatic rings. The third kappa shape index (κ3) is 2.78. The zero-order valence-corrected chi connectivity index (χ0v) is 14.6. The minimum atomic E-state index is -0.600. The molecule has 2 aromatic carbocycles. The standard InChI is InChI=1S/C20H15FN2O2S/c21-15-8-4-5-9-16(15)23-19(24)18-17(11-13-26-18)22(20(23)25)12-10-14-6-2-1-3-7-14/h1-9,11,13H,10,12H2. The van der Waals surface area contributed by atoms with Crippen LogP contribution in [0.2, 0.25) is 0 Å². The summed E-state index contributed by atoms with van der Waals surface area (Å²) < 4.78 is 17.2. The van der Waals surface area contributed by atoms with Crippen molar-refractivity contribution in [2.24, 2.45) is 0 Å². The molecule has 0 bridgehead atoms. The predicted octanol–water partition coefficient (Wildman–Crippen LogP) is 3.60. The van der Waals surface area contributed by atoms with Gasteiger partial charge in [0.15, 0.2) is 0 Å². The normalized spacial score (nSPS) is 11.1. The third-order valence-corrected chi connectivity index (χ3v) is 5.21. The number of para-hydroxylation sites is 1. The Morgan fingerprint density at radius 1 is 0.923 bits per heavy atom. The molecule has 4 nitrogen and oxygen atoms in total. The van der Waals surface area contributed by atoms with Gasteiger partial charge in [-0.3, -0.25) is 9.36 Å². The van der Waals surface area contributed by atoms with Crippen LogP contribution < -0.4 is 11.2 Å². The van der Waals surface area contributed by atoms with Crippen LogP contribution in [0.3, 0.4) is 0 Å². The summed E-state index contributed by atoms with van der Waals surface area (Å²) in [5.41, 5.74) is 0.647. The van der Waals surface area contributed by atoms with E-state index in [1.165, 1.54) is 29.5 Å². The molecular formula is C20H15FN2O2S. The van der Waals surface area contributed by atoms with Crippen molar-refractivity contribution in [3.63, 3.8) is 0 Å². The van der Waals surface area contributed by atoms with Crippen molar-refractivity contribution in [2.45, 2.75) is 13.0 Å². The lowest BCUT2D eigenvalue weighted by Crippen LogP contribution is -2.39. The van der Waals surface area contributed by atoms with E-state index in [0.29, 0.717) is 23.2 Å². The molecule has 2 aromatic heterocycles. The Labute approximate surface area is 152 Å². The Hall–Kier alpha value is -2.99. The number of hydrogen-bond acceptors (Lipinski definition) is 3. The predicted molar refractivity (Wildman–Crippen MR) is 102 cm³/mol. The van der Waals surface area contributed by atoms with Crippen molar-refractivity contribution in [1.29, 1.82) is 0 Å². The maximum absolute atomic E-state index is 14.2. The molecule has 0 amide bonds. The topological polar surface area (TPSA) is 44.0 Å². The fourth-order valence-electron chi connectivity index (χ4n) is 3.03. The summed E-state index contributed by atoms with van der Waals surface area (Å²) >= 11 is 1.26. The second-order valence-electron chi connectivity index (χ2n) is 5.90. The summed E-state index contributed by atoms with van der Waals surface area (Å²) in [5.74, 6) is -0.600. The molecule has 26 heavy (non-hydrogen) atoms. The van der Waals surface area contributed by atoms with Crippen LogP contribution in [0, 0.1) is 5.82 Å². The number of fused-ring (bicyclic) bond motifs is 1. The van der Waals surface area contributed by atoms with E-state index in [0.717, 1.165) is 10.1 Å². The SMILES string of the molecule is O=c1c2sccc2n(CCc2ccccc2)c(=O)n1-c1ccccc1F. The van der Waals surface area contributed by atoms with E-state index in [9.17, 15) is 14.0 Å². The van der Waals surface area contributed by atoms with Crippen LogP contribution >= 0.6 is 11.3 Å². The lowest BCUT2D eigenvalue weighted by Gasteiger charge is -2.12. The minimum absolute atomic E-state index is 0.0220. The fraction of sp³-hybridized carbons (Fsp3) is 0.100. The van der Waals surface area contributed by atoms with Crippen molar-refractivity contribution in [3.05, 3.63) is 98.3 Å². The molecule has 0 saturated heterocycles. The molecule has 0 radical (unpaired) electrons. The van der Waals surface area contributed by atoms with E-state index in [1.54, 1.807) is 22.1 Å². The highest BCUT2D eigenvalue weighted by Crippen LogP contribution is 2.18. The Morgan fingerprint density at radius 3 is 2.42 bits per heavy atom. The van der Waals surface area contributed by atoms with Crippen molar-refractivity contribution in [2.75, 3.05) is 0 Å². The average Bonchev–Trinajstić information content (AvgIpc) is 3.14. The molecule has 130 valence electrons. The van der Waals surface area contributed by atoms with Gasteiger partial charge in [-0.15, -0.1) is 11.3 Å². The Morgan fingerprint density at radius 2 is 1.65 bits per heavy atom. The van der Waals surface area contributed by atoms with Gasteiger partial charge in [-0.1, -0.05) is 42.5 Å². The number of benzene rings is 2. The van der Waals surface area contributed by atoms with Gasteiger partial charge in [0, 0.05) is 6.54 Å². The molecule has 0 spiro atoms. The molecule has 0 fully saturated rings. The van der Waals surface area contributed by atoms with Gasteiger partial charge >= 0.3 is 5.69 Å². The number of nitrogens with zero attached hydrogens (tertiary/aromatic N) is 2. The van der Waals surface area contributed by atoms with Crippen molar-refractivity contribution >= 4 is 21.6 Å². The van der Waals surface area contributed by atoms with Gasteiger partial charge in [-0.25, -0.2) is 13.8 Å². The van der Waals surface area contributed by atoms with Crippen LogP contribution in [0.1, 0.15) is 5.56 Å². The monoisotopic (exact) mass is 366 g/mol. The van der Waals surface area contributed by atoms with Gasteiger partial charge in [0.25, 0.3) is 5.56 Å². The van der Waals surface area contributed by atoms with Crippen molar-refractivity contribution in [3.8, 4) is 5.69 Å². The Balaban J connectivity index is 1.90. The van der Waals surface area contributed by atoms with E-state index >= 15 is 0 Å². The molecule has 0 saturated carbocycles. The molecule has 0 atom stereocenters. The van der Waals surface area contributed by atoms with Crippen LogP contribution in [-0.2, 0) is 13.0 Å². The summed E-state index contributed by atoms with van der Waals surface area (Å²) in [5, 5.41) is 1.77. The van der Waals surface area contributed by atoms with Gasteiger partial charge in [0.05, 0.1) is 11.2 Å². The summed E-state index contributed by atoms with van der Waals surface area (Å²) in [6.07, 6.45) is 0.640. The van der Waals surface area contributed by atoms with Gasteiger partial charge in [0.2, 0.25) is 0 Å². The molecule has 4 rings (SSSR count). The maximum Gasteiger partial charge on any atom is 0.336 e. The van der Waals surface area contributed by atoms with E-state index in [1.807, 2.05) is 30.3 Å². The number of aromatic nitrogens is 2. The molecule has 0 aliphatic carbocycles. The summed E-state index contributed by atoms with van der Waals surface area (Å²) in [4.78, 5) is 25.8. The maximum atomic E-state index is 14.2. The highest BCUT2D eigenvalue weighted by atomic mass is 32.1. The Bertz CT molecular complexity index is 1190. The van der Waals surface area contributed by atoms with Crippen LogP contribution in [0.5, 0.6) is 0 Å². The van der Waals surface area contributed by atoms with Gasteiger partial charge in [-0.05, 0) is 35.6 Å². The van der Waals surface area contributed by atoms with Crippen LogP contribution in [0.15, 0.2) is 75.6 Å². The second-order valence-corrected chi connectivity index (χ2v) is 6.81. The zero-order chi connectivity index (χ0) is 18.1. The molecule has 0 aliphatic rings. The van der Waals surface area contributed by atoms with Crippen LogP contribution in [0.4, 0.5) is 4.39 Å². The van der Waals surface area contributed by atoms with Crippen molar-refractivity contribution < 1.29 is 4.39 Å².